The van der Waals surface area contributed by atoms with Gasteiger partial charge in [-0.05, 0) is 42.3 Å². The molecule has 0 amide bonds. The van der Waals surface area contributed by atoms with Crippen molar-refractivity contribution in [3.05, 3.63) is 39.3 Å². The minimum atomic E-state index is -0.173. The first-order valence-corrected chi connectivity index (χ1v) is 7.12. The van der Waals surface area contributed by atoms with Crippen molar-refractivity contribution in [3.8, 4) is 0 Å². The normalized spacial score (nSPS) is 14.8. The number of aliphatic hydroxyl groups excluding tert-OH is 1. The van der Waals surface area contributed by atoms with Gasteiger partial charge in [0.2, 0.25) is 0 Å². The number of hydrogen-bond acceptors (Lipinski definition) is 4. The summed E-state index contributed by atoms with van der Waals surface area (Å²) >= 11 is 7.51. The van der Waals surface area contributed by atoms with Gasteiger partial charge in [0.05, 0.1) is 11.6 Å². The van der Waals surface area contributed by atoms with E-state index in [9.17, 15) is 4.79 Å². The predicted octanol–water partition coefficient (Wildman–Crippen LogP) is 2.20. The molecule has 0 saturated heterocycles. The SMILES string of the molecule is O=c1[nH]nc(Sc2ccc(CO)cc2Cl)n1C1CC1. The largest absolute Gasteiger partial charge is 0.392 e. The van der Waals surface area contributed by atoms with Crippen LogP contribution in [-0.4, -0.2) is 19.9 Å². The van der Waals surface area contributed by atoms with Gasteiger partial charge in [0, 0.05) is 10.9 Å². The van der Waals surface area contributed by atoms with Gasteiger partial charge < -0.3 is 5.11 Å². The molecule has 1 saturated carbocycles. The van der Waals surface area contributed by atoms with Crippen molar-refractivity contribution in [2.75, 3.05) is 0 Å². The Balaban J connectivity index is 1.91. The van der Waals surface area contributed by atoms with Gasteiger partial charge in [0.25, 0.3) is 0 Å². The van der Waals surface area contributed by atoms with Crippen molar-refractivity contribution in [1.82, 2.24) is 14.8 Å². The van der Waals surface area contributed by atoms with Crippen LogP contribution in [-0.2, 0) is 6.61 Å². The molecule has 1 aromatic heterocycles. The molecule has 1 fully saturated rings. The molecule has 3 rings (SSSR count). The lowest BCUT2D eigenvalue weighted by atomic mass is 10.2. The van der Waals surface area contributed by atoms with Crippen LogP contribution in [0, 0.1) is 0 Å². The summed E-state index contributed by atoms with van der Waals surface area (Å²) in [5.74, 6) is 0. The number of halogens is 1. The molecule has 7 heteroatoms. The van der Waals surface area contributed by atoms with E-state index in [0.717, 1.165) is 23.3 Å². The molecule has 19 heavy (non-hydrogen) atoms. The summed E-state index contributed by atoms with van der Waals surface area (Å²) in [6, 6.07) is 5.62. The highest BCUT2D eigenvalue weighted by molar-refractivity contribution is 7.99. The van der Waals surface area contributed by atoms with Crippen LogP contribution in [0.2, 0.25) is 5.02 Å². The van der Waals surface area contributed by atoms with Gasteiger partial charge in [-0.3, -0.25) is 4.57 Å². The highest BCUT2D eigenvalue weighted by Crippen LogP contribution is 2.39. The number of aliphatic hydroxyl groups is 1. The molecule has 100 valence electrons. The van der Waals surface area contributed by atoms with Gasteiger partial charge in [0.15, 0.2) is 5.16 Å². The number of nitrogens with one attached hydrogen (secondary N) is 1. The maximum atomic E-state index is 11.7. The molecule has 2 aromatic rings. The van der Waals surface area contributed by atoms with Crippen LogP contribution in [0.3, 0.4) is 0 Å². The highest BCUT2D eigenvalue weighted by Gasteiger charge is 2.28. The third-order valence-corrected chi connectivity index (χ3v) is 4.44. The summed E-state index contributed by atoms with van der Waals surface area (Å²) in [5.41, 5.74) is 0.587. The molecule has 0 atom stereocenters. The molecular formula is C12H12ClN3O2S. The molecule has 0 unspecified atom stereocenters. The van der Waals surface area contributed by atoms with E-state index in [1.807, 2.05) is 6.07 Å². The highest BCUT2D eigenvalue weighted by atomic mass is 35.5. The lowest BCUT2D eigenvalue weighted by Gasteiger charge is -2.06. The predicted molar refractivity (Wildman–Crippen MR) is 72.6 cm³/mol. The van der Waals surface area contributed by atoms with Crippen molar-refractivity contribution in [2.24, 2.45) is 0 Å². The first kappa shape index (κ1) is 12.8. The van der Waals surface area contributed by atoms with Crippen LogP contribution in [0.15, 0.2) is 33.0 Å². The Labute approximate surface area is 118 Å². The van der Waals surface area contributed by atoms with Crippen molar-refractivity contribution in [3.63, 3.8) is 0 Å². The third-order valence-electron chi connectivity index (χ3n) is 2.96. The van der Waals surface area contributed by atoms with Crippen LogP contribution < -0.4 is 5.69 Å². The maximum Gasteiger partial charge on any atom is 0.344 e. The smallest absolute Gasteiger partial charge is 0.344 e. The van der Waals surface area contributed by atoms with Gasteiger partial charge in [0.1, 0.15) is 0 Å². The van der Waals surface area contributed by atoms with Gasteiger partial charge in [-0.1, -0.05) is 17.7 Å². The third kappa shape index (κ3) is 2.56. The summed E-state index contributed by atoms with van der Waals surface area (Å²) < 4.78 is 1.68. The number of nitrogens with zero attached hydrogens (tertiary/aromatic N) is 2. The summed E-state index contributed by atoms with van der Waals surface area (Å²) in [7, 11) is 0. The Morgan fingerprint density at radius 1 is 1.53 bits per heavy atom. The van der Waals surface area contributed by atoms with Crippen molar-refractivity contribution in [2.45, 2.75) is 35.5 Å². The lowest BCUT2D eigenvalue weighted by Crippen LogP contribution is -2.15. The number of aromatic nitrogens is 3. The zero-order valence-corrected chi connectivity index (χ0v) is 11.5. The Bertz CT molecular complexity index is 663. The molecular weight excluding hydrogens is 286 g/mol. The Hall–Kier alpha value is -1.24. The monoisotopic (exact) mass is 297 g/mol. The summed E-state index contributed by atoms with van der Waals surface area (Å²) in [6.45, 7) is -0.0418. The average molecular weight is 298 g/mol. The number of benzene rings is 1. The fourth-order valence-corrected chi connectivity index (χ4v) is 3.07. The second kappa shape index (κ2) is 5.03. The molecule has 1 aliphatic rings. The van der Waals surface area contributed by atoms with Crippen LogP contribution in [0.1, 0.15) is 24.4 Å². The van der Waals surface area contributed by atoms with Gasteiger partial charge in [-0.2, -0.15) is 0 Å². The van der Waals surface area contributed by atoms with Gasteiger partial charge in [-0.25, -0.2) is 9.89 Å². The van der Waals surface area contributed by atoms with E-state index in [2.05, 4.69) is 10.2 Å². The first-order chi connectivity index (χ1) is 9.19. The Kier molecular flexibility index (Phi) is 3.38. The molecule has 0 bridgehead atoms. The number of hydrogen-bond donors (Lipinski definition) is 2. The number of rotatable bonds is 4. The summed E-state index contributed by atoms with van der Waals surface area (Å²) in [4.78, 5) is 12.5. The van der Waals surface area contributed by atoms with Crippen molar-refractivity contribution >= 4 is 23.4 Å². The molecule has 0 radical (unpaired) electrons. The zero-order chi connectivity index (χ0) is 13.4. The summed E-state index contributed by atoms with van der Waals surface area (Å²) in [5, 5.41) is 16.7. The quantitative estimate of drug-likeness (QED) is 0.907. The lowest BCUT2D eigenvalue weighted by molar-refractivity contribution is 0.282. The fraction of sp³-hybridized carbons (Fsp3) is 0.333. The first-order valence-electron chi connectivity index (χ1n) is 5.93. The van der Waals surface area contributed by atoms with E-state index in [4.69, 9.17) is 16.7 Å². The van der Waals surface area contributed by atoms with Crippen LogP contribution >= 0.6 is 23.4 Å². The molecule has 0 aliphatic heterocycles. The molecule has 0 spiro atoms. The summed E-state index contributed by atoms with van der Waals surface area (Å²) in [6.07, 6.45) is 2.04. The Morgan fingerprint density at radius 2 is 2.32 bits per heavy atom. The fourth-order valence-electron chi connectivity index (χ4n) is 1.84. The van der Waals surface area contributed by atoms with Gasteiger partial charge in [-0.15, -0.1) is 5.10 Å². The van der Waals surface area contributed by atoms with Crippen LogP contribution in [0.4, 0.5) is 0 Å². The van der Waals surface area contributed by atoms with Gasteiger partial charge >= 0.3 is 5.69 Å². The molecule has 1 heterocycles. The van der Waals surface area contributed by atoms with E-state index in [-0.39, 0.29) is 18.3 Å². The van der Waals surface area contributed by atoms with E-state index < -0.39 is 0 Å². The molecule has 1 aromatic carbocycles. The second-order valence-electron chi connectivity index (χ2n) is 4.44. The molecule has 5 nitrogen and oxygen atoms in total. The minimum absolute atomic E-state index is 0.0418. The zero-order valence-electron chi connectivity index (χ0n) is 9.97. The van der Waals surface area contributed by atoms with Crippen LogP contribution in [0.5, 0.6) is 0 Å². The number of H-pyrrole nitrogens is 1. The van der Waals surface area contributed by atoms with E-state index in [0.29, 0.717) is 10.2 Å². The van der Waals surface area contributed by atoms with Crippen molar-refractivity contribution < 1.29 is 5.11 Å². The Morgan fingerprint density at radius 3 is 2.95 bits per heavy atom. The van der Waals surface area contributed by atoms with E-state index in [1.165, 1.54) is 11.8 Å². The maximum absolute atomic E-state index is 11.7. The van der Waals surface area contributed by atoms with E-state index >= 15 is 0 Å². The number of aromatic amines is 1. The molecule has 2 N–H and O–H groups in total. The standard InChI is InChI=1S/C12H12ClN3O2S/c13-9-5-7(6-17)1-4-10(9)19-12-15-14-11(18)16(12)8-2-3-8/h1,4-5,8,17H,2-3,6H2,(H,14,18). The molecule has 1 aliphatic carbocycles. The van der Waals surface area contributed by atoms with Crippen molar-refractivity contribution in [1.29, 1.82) is 0 Å². The van der Waals surface area contributed by atoms with E-state index in [1.54, 1.807) is 16.7 Å². The minimum Gasteiger partial charge on any atom is -0.392 e. The second-order valence-corrected chi connectivity index (χ2v) is 5.85. The average Bonchev–Trinajstić information content (AvgIpc) is 3.17. The topological polar surface area (TPSA) is 70.9 Å². The van der Waals surface area contributed by atoms with Crippen LogP contribution in [0.25, 0.3) is 0 Å².